The largest absolute Gasteiger partial charge is 0.312 e. The SMILES string of the molecule is Cc1cc(CC(CNC(C)(C)C)C(C)(C)C)n(C)n1. The fraction of sp³-hybridized carbons (Fsp3) is 0.812. The molecule has 0 aliphatic carbocycles. The van der Waals surface area contributed by atoms with E-state index in [1.165, 1.54) is 5.69 Å². The summed E-state index contributed by atoms with van der Waals surface area (Å²) in [6.07, 6.45) is 1.07. The van der Waals surface area contributed by atoms with Crippen LogP contribution in [-0.4, -0.2) is 21.9 Å². The molecular formula is C16H31N3. The molecule has 1 N–H and O–H groups in total. The van der Waals surface area contributed by atoms with E-state index >= 15 is 0 Å². The maximum atomic E-state index is 4.45. The summed E-state index contributed by atoms with van der Waals surface area (Å²) >= 11 is 0. The number of hydrogen-bond acceptors (Lipinski definition) is 2. The summed E-state index contributed by atoms with van der Waals surface area (Å²) in [5.41, 5.74) is 2.89. The minimum absolute atomic E-state index is 0.172. The number of nitrogens with zero attached hydrogens (tertiary/aromatic N) is 2. The Bertz CT molecular complexity index is 405. The summed E-state index contributed by atoms with van der Waals surface area (Å²) in [5, 5.41) is 8.10. The van der Waals surface area contributed by atoms with Crippen LogP contribution in [0.15, 0.2) is 6.07 Å². The van der Waals surface area contributed by atoms with Gasteiger partial charge in [-0.1, -0.05) is 20.8 Å². The van der Waals surface area contributed by atoms with E-state index in [-0.39, 0.29) is 11.0 Å². The molecule has 0 aromatic carbocycles. The lowest BCUT2D eigenvalue weighted by Crippen LogP contribution is -2.43. The lowest BCUT2D eigenvalue weighted by molar-refractivity contribution is 0.211. The van der Waals surface area contributed by atoms with Crippen LogP contribution in [0.2, 0.25) is 0 Å². The number of rotatable bonds is 4. The first-order valence-electron chi connectivity index (χ1n) is 7.23. The van der Waals surface area contributed by atoms with Crippen molar-refractivity contribution >= 4 is 0 Å². The van der Waals surface area contributed by atoms with Gasteiger partial charge in [-0.25, -0.2) is 0 Å². The van der Waals surface area contributed by atoms with Crippen LogP contribution in [0, 0.1) is 18.3 Å². The van der Waals surface area contributed by atoms with Crippen LogP contribution in [-0.2, 0) is 13.5 Å². The summed E-state index contributed by atoms with van der Waals surface area (Å²) in [5.74, 6) is 0.599. The molecule has 1 unspecified atom stereocenters. The van der Waals surface area contributed by atoms with Crippen molar-refractivity contribution < 1.29 is 0 Å². The Labute approximate surface area is 118 Å². The Morgan fingerprint density at radius 1 is 1.21 bits per heavy atom. The molecule has 0 spiro atoms. The predicted molar refractivity (Wildman–Crippen MR) is 82.3 cm³/mol. The molecule has 110 valence electrons. The van der Waals surface area contributed by atoms with E-state index in [1.54, 1.807) is 0 Å². The minimum Gasteiger partial charge on any atom is -0.312 e. The minimum atomic E-state index is 0.172. The van der Waals surface area contributed by atoms with Gasteiger partial charge >= 0.3 is 0 Å². The van der Waals surface area contributed by atoms with Crippen LogP contribution in [0.25, 0.3) is 0 Å². The zero-order valence-corrected chi connectivity index (χ0v) is 14.0. The van der Waals surface area contributed by atoms with E-state index in [0.29, 0.717) is 5.92 Å². The number of hydrogen-bond donors (Lipinski definition) is 1. The van der Waals surface area contributed by atoms with Crippen molar-refractivity contribution in [2.75, 3.05) is 6.54 Å². The van der Waals surface area contributed by atoms with Crippen molar-refractivity contribution in [1.29, 1.82) is 0 Å². The second-order valence-corrected chi connectivity index (χ2v) is 7.80. The first kappa shape index (κ1) is 16.2. The third kappa shape index (κ3) is 5.35. The third-order valence-electron chi connectivity index (χ3n) is 3.66. The van der Waals surface area contributed by atoms with Crippen LogP contribution >= 0.6 is 0 Å². The summed E-state index contributed by atoms with van der Waals surface area (Å²) in [6, 6.07) is 2.20. The molecule has 0 fully saturated rings. The summed E-state index contributed by atoms with van der Waals surface area (Å²) in [7, 11) is 2.04. The molecule has 0 radical (unpaired) electrons. The molecule has 3 nitrogen and oxygen atoms in total. The highest BCUT2D eigenvalue weighted by Crippen LogP contribution is 2.29. The highest BCUT2D eigenvalue weighted by atomic mass is 15.3. The quantitative estimate of drug-likeness (QED) is 0.905. The van der Waals surface area contributed by atoms with E-state index in [9.17, 15) is 0 Å². The van der Waals surface area contributed by atoms with E-state index in [2.05, 4.69) is 64.9 Å². The fourth-order valence-electron chi connectivity index (χ4n) is 2.22. The molecule has 0 saturated heterocycles. The van der Waals surface area contributed by atoms with Crippen molar-refractivity contribution in [2.45, 2.75) is 60.4 Å². The molecule has 0 saturated carbocycles. The number of aryl methyl sites for hydroxylation is 2. The van der Waals surface area contributed by atoms with Crippen LogP contribution < -0.4 is 5.32 Å². The molecule has 0 amide bonds. The summed E-state index contributed by atoms with van der Waals surface area (Å²) < 4.78 is 2.02. The second-order valence-electron chi connectivity index (χ2n) is 7.80. The van der Waals surface area contributed by atoms with Gasteiger partial charge in [0.1, 0.15) is 0 Å². The number of nitrogens with one attached hydrogen (secondary N) is 1. The van der Waals surface area contributed by atoms with Crippen molar-refractivity contribution in [3.8, 4) is 0 Å². The fourth-order valence-corrected chi connectivity index (χ4v) is 2.22. The Hall–Kier alpha value is -0.830. The first-order chi connectivity index (χ1) is 8.49. The summed E-state index contributed by atoms with van der Waals surface area (Å²) in [6.45, 7) is 16.7. The predicted octanol–water partition coefficient (Wildman–Crippen LogP) is 3.32. The van der Waals surface area contributed by atoms with Crippen molar-refractivity contribution in [2.24, 2.45) is 18.4 Å². The molecule has 1 aromatic heterocycles. The highest BCUT2D eigenvalue weighted by Gasteiger charge is 2.27. The van der Waals surface area contributed by atoms with E-state index in [4.69, 9.17) is 0 Å². The maximum absolute atomic E-state index is 4.45. The van der Waals surface area contributed by atoms with Gasteiger partial charge in [0.2, 0.25) is 0 Å². The van der Waals surface area contributed by atoms with Crippen LogP contribution in [0.3, 0.4) is 0 Å². The zero-order valence-electron chi connectivity index (χ0n) is 14.0. The third-order valence-corrected chi connectivity index (χ3v) is 3.66. The summed E-state index contributed by atoms with van der Waals surface area (Å²) in [4.78, 5) is 0. The molecule has 1 atom stereocenters. The van der Waals surface area contributed by atoms with Gasteiger partial charge in [0.15, 0.2) is 0 Å². The van der Waals surface area contributed by atoms with Crippen LogP contribution in [0.4, 0.5) is 0 Å². The normalized spacial score (nSPS) is 14.7. The molecule has 0 aliphatic rings. The zero-order chi connectivity index (χ0) is 14.8. The van der Waals surface area contributed by atoms with Crippen molar-refractivity contribution in [1.82, 2.24) is 15.1 Å². The van der Waals surface area contributed by atoms with E-state index < -0.39 is 0 Å². The van der Waals surface area contributed by atoms with Gasteiger partial charge in [0, 0.05) is 18.3 Å². The maximum Gasteiger partial charge on any atom is 0.0596 e. The molecular weight excluding hydrogens is 234 g/mol. The lowest BCUT2D eigenvalue weighted by atomic mass is 9.77. The topological polar surface area (TPSA) is 29.9 Å². The number of aromatic nitrogens is 2. The molecule has 3 heteroatoms. The smallest absolute Gasteiger partial charge is 0.0596 e. The Morgan fingerprint density at radius 2 is 1.79 bits per heavy atom. The highest BCUT2D eigenvalue weighted by molar-refractivity contribution is 5.10. The molecule has 1 heterocycles. The van der Waals surface area contributed by atoms with Gasteiger partial charge < -0.3 is 5.32 Å². The monoisotopic (exact) mass is 265 g/mol. The molecule has 1 rings (SSSR count). The lowest BCUT2D eigenvalue weighted by Gasteiger charge is -2.34. The van der Waals surface area contributed by atoms with Crippen LogP contribution in [0.1, 0.15) is 52.9 Å². The molecule has 1 aromatic rings. The van der Waals surface area contributed by atoms with Gasteiger partial charge in [-0.3, -0.25) is 4.68 Å². The van der Waals surface area contributed by atoms with Gasteiger partial charge in [-0.05, 0) is 58.1 Å². The Morgan fingerprint density at radius 3 is 2.16 bits per heavy atom. The van der Waals surface area contributed by atoms with E-state index in [0.717, 1.165) is 18.7 Å². The Kier molecular flexibility index (Phi) is 4.83. The first-order valence-corrected chi connectivity index (χ1v) is 7.23. The van der Waals surface area contributed by atoms with Gasteiger partial charge in [-0.2, -0.15) is 5.10 Å². The van der Waals surface area contributed by atoms with Crippen molar-refractivity contribution in [3.63, 3.8) is 0 Å². The second kappa shape index (κ2) is 5.66. The van der Waals surface area contributed by atoms with E-state index in [1.807, 2.05) is 11.7 Å². The van der Waals surface area contributed by atoms with Crippen LogP contribution in [0.5, 0.6) is 0 Å². The standard InChI is InChI=1S/C16H31N3/c1-12-9-14(19(8)18-12)10-13(15(2,3)4)11-17-16(5,6)7/h9,13,17H,10-11H2,1-8H3. The van der Waals surface area contributed by atoms with Gasteiger partial charge in [-0.15, -0.1) is 0 Å². The molecule has 19 heavy (non-hydrogen) atoms. The average Bonchev–Trinajstić information content (AvgIpc) is 2.48. The van der Waals surface area contributed by atoms with Gasteiger partial charge in [0.25, 0.3) is 0 Å². The molecule has 0 aliphatic heterocycles. The van der Waals surface area contributed by atoms with Crippen molar-refractivity contribution in [3.05, 3.63) is 17.5 Å². The molecule has 0 bridgehead atoms. The van der Waals surface area contributed by atoms with Gasteiger partial charge in [0.05, 0.1) is 5.69 Å². The average molecular weight is 265 g/mol. The Balaban J connectivity index is 2.79.